The summed E-state index contributed by atoms with van der Waals surface area (Å²) in [6, 6.07) is 14.1. The molecule has 0 aliphatic heterocycles. The number of aromatic nitrogens is 2. The summed E-state index contributed by atoms with van der Waals surface area (Å²) in [7, 11) is 0. The molecule has 0 aliphatic carbocycles. The van der Waals surface area contributed by atoms with Gasteiger partial charge >= 0.3 is 0 Å². The van der Waals surface area contributed by atoms with Gasteiger partial charge in [0.05, 0.1) is 17.6 Å². The van der Waals surface area contributed by atoms with Crippen LogP contribution in [0.1, 0.15) is 36.4 Å². The van der Waals surface area contributed by atoms with E-state index < -0.39 is 6.10 Å². The zero-order valence-corrected chi connectivity index (χ0v) is 14.5. The molecular formula is C20H24N2O2. The Morgan fingerprint density at radius 3 is 2.67 bits per heavy atom. The van der Waals surface area contributed by atoms with Gasteiger partial charge in [0.25, 0.3) is 0 Å². The highest BCUT2D eigenvalue weighted by atomic mass is 16.5. The maximum atomic E-state index is 10.3. The van der Waals surface area contributed by atoms with E-state index in [1.54, 1.807) is 0 Å². The van der Waals surface area contributed by atoms with E-state index in [-0.39, 0.29) is 0 Å². The first-order valence-electron chi connectivity index (χ1n) is 8.43. The van der Waals surface area contributed by atoms with Gasteiger partial charge in [-0.2, -0.15) is 0 Å². The lowest BCUT2D eigenvalue weighted by Crippen LogP contribution is -2.13. The standard InChI is InChI=1S/C20H24N2O2/c1-4-19(23)20-21-17-7-5-6-8-18(17)22(20)11-12-24-16-10-9-14(2)15(3)13-16/h5-10,13,19,23H,4,11-12H2,1-3H3/t19-/m0/s1. The number of nitrogens with zero attached hydrogens (tertiary/aromatic N) is 2. The lowest BCUT2D eigenvalue weighted by molar-refractivity contribution is 0.157. The van der Waals surface area contributed by atoms with Gasteiger partial charge in [0.15, 0.2) is 0 Å². The molecule has 3 rings (SSSR count). The van der Waals surface area contributed by atoms with Gasteiger partial charge in [-0.25, -0.2) is 4.98 Å². The maximum absolute atomic E-state index is 10.3. The van der Waals surface area contributed by atoms with Gasteiger partial charge in [0.2, 0.25) is 0 Å². The fourth-order valence-electron chi connectivity index (χ4n) is 2.82. The van der Waals surface area contributed by atoms with E-state index >= 15 is 0 Å². The van der Waals surface area contributed by atoms with Gasteiger partial charge in [0.1, 0.15) is 24.3 Å². The lowest BCUT2D eigenvalue weighted by Gasteiger charge is -2.14. The minimum atomic E-state index is -0.556. The summed E-state index contributed by atoms with van der Waals surface area (Å²) in [6.45, 7) is 7.32. The van der Waals surface area contributed by atoms with Crippen molar-refractivity contribution in [3.8, 4) is 5.75 Å². The van der Waals surface area contributed by atoms with E-state index in [0.717, 1.165) is 16.8 Å². The van der Waals surface area contributed by atoms with Crippen LogP contribution in [0.5, 0.6) is 5.75 Å². The lowest BCUT2D eigenvalue weighted by atomic mass is 10.1. The van der Waals surface area contributed by atoms with Gasteiger partial charge in [-0.3, -0.25) is 0 Å². The van der Waals surface area contributed by atoms with Crippen molar-refractivity contribution in [1.29, 1.82) is 0 Å². The third-order valence-corrected chi connectivity index (χ3v) is 4.43. The molecule has 4 nitrogen and oxygen atoms in total. The summed E-state index contributed by atoms with van der Waals surface area (Å²) in [5, 5.41) is 10.3. The molecule has 1 aromatic heterocycles. The second-order valence-corrected chi connectivity index (χ2v) is 6.13. The number of para-hydroxylation sites is 2. The van der Waals surface area contributed by atoms with Crippen LogP contribution < -0.4 is 4.74 Å². The van der Waals surface area contributed by atoms with Crippen LogP contribution in [0.4, 0.5) is 0 Å². The zero-order valence-electron chi connectivity index (χ0n) is 14.5. The van der Waals surface area contributed by atoms with Gasteiger partial charge in [-0.1, -0.05) is 25.1 Å². The molecule has 4 heteroatoms. The molecule has 0 fully saturated rings. The summed E-state index contributed by atoms with van der Waals surface area (Å²) in [4.78, 5) is 4.59. The number of aliphatic hydroxyl groups is 1. The first kappa shape index (κ1) is 16.5. The molecule has 1 atom stereocenters. The first-order chi connectivity index (χ1) is 11.6. The highest BCUT2D eigenvalue weighted by Crippen LogP contribution is 2.23. The normalized spacial score (nSPS) is 12.5. The molecule has 3 aromatic rings. The largest absolute Gasteiger partial charge is 0.492 e. The third kappa shape index (κ3) is 3.29. The van der Waals surface area contributed by atoms with Crippen molar-refractivity contribution in [2.45, 2.75) is 39.8 Å². The van der Waals surface area contributed by atoms with E-state index in [4.69, 9.17) is 4.74 Å². The van der Waals surface area contributed by atoms with E-state index in [9.17, 15) is 5.11 Å². The summed E-state index contributed by atoms with van der Waals surface area (Å²) in [6.07, 6.45) is 0.0838. The Kier molecular flexibility index (Phi) is 4.86. The zero-order chi connectivity index (χ0) is 17.1. The van der Waals surface area contributed by atoms with Crippen LogP contribution in [0, 0.1) is 13.8 Å². The molecule has 2 aromatic carbocycles. The van der Waals surface area contributed by atoms with Gasteiger partial charge in [-0.15, -0.1) is 0 Å². The summed E-state index contributed by atoms with van der Waals surface area (Å²) >= 11 is 0. The van der Waals surface area contributed by atoms with Crippen molar-refractivity contribution in [3.05, 3.63) is 59.4 Å². The highest BCUT2D eigenvalue weighted by molar-refractivity contribution is 5.76. The number of aryl methyl sites for hydroxylation is 2. The van der Waals surface area contributed by atoms with Crippen LogP contribution in [0.2, 0.25) is 0 Å². The molecular weight excluding hydrogens is 300 g/mol. The van der Waals surface area contributed by atoms with Crippen LogP contribution in [-0.4, -0.2) is 21.3 Å². The molecule has 126 valence electrons. The predicted octanol–water partition coefficient (Wildman–Crippen LogP) is 4.18. The summed E-state index contributed by atoms with van der Waals surface area (Å²) in [5.41, 5.74) is 4.42. The van der Waals surface area contributed by atoms with Crippen molar-refractivity contribution in [2.75, 3.05) is 6.61 Å². The Morgan fingerprint density at radius 2 is 1.92 bits per heavy atom. The van der Waals surface area contributed by atoms with E-state index in [0.29, 0.717) is 25.4 Å². The van der Waals surface area contributed by atoms with Crippen LogP contribution in [-0.2, 0) is 6.54 Å². The van der Waals surface area contributed by atoms with Crippen molar-refractivity contribution in [1.82, 2.24) is 9.55 Å². The number of benzene rings is 2. The number of ether oxygens (including phenoxy) is 1. The first-order valence-corrected chi connectivity index (χ1v) is 8.43. The third-order valence-electron chi connectivity index (χ3n) is 4.43. The van der Waals surface area contributed by atoms with Crippen LogP contribution in [0.3, 0.4) is 0 Å². The molecule has 24 heavy (non-hydrogen) atoms. The highest BCUT2D eigenvalue weighted by Gasteiger charge is 2.16. The van der Waals surface area contributed by atoms with Gasteiger partial charge in [0, 0.05) is 0 Å². The molecule has 1 heterocycles. The molecule has 0 aliphatic rings. The van der Waals surface area contributed by atoms with Crippen LogP contribution in [0.25, 0.3) is 11.0 Å². The fraction of sp³-hybridized carbons (Fsp3) is 0.350. The minimum absolute atomic E-state index is 0.534. The van der Waals surface area contributed by atoms with Gasteiger partial charge < -0.3 is 14.4 Å². The Hall–Kier alpha value is -2.33. The van der Waals surface area contributed by atoms with Crippen molar-refractivity contribution < 1.29 is 9.84 Å². The van der Waals surface area contributed by atoms with Crippen LogP contribution in [0.15, 0.2) is 42.5 Å². The fourth-order valence-corrected chi connectivity index (χ4v) is 2.82. The average Bonchev–Trinajstić information content (AvgIpc) is 2.96. The average molecular weight is 324 g/mol. The Labute approximate surface area is 142 Å². The minimum Gasteiger partial charge on any atom is -0.492 e. The maximum Gasteiger partial charge on any atom is 0.138 e. The second kappa shape index (κ2) is 7.05. The Bertz CT molecular complexity index is 839. The monoisotopic (exact) mass is 324 g/mol. The van der Waals surface area contributed by atoms with Crippen LogP contribution >= 0.6 is 0 Å². The smallest absolute Gasteiger partial charge is 0.138 e. The molecule has 0 saturated carbocycles. The topological polar surface area (TPSA) is 47.3 Å². The molecule has 0 unspecified atom stereocenters. The van der Waals surface area contributed by atoms with Crippen molar-refractivity contribution >= 4 is 11.0 Å². The number of hydrogen-bond donors (Lipinski definition) is 1. The Morgan fingerprint density at radius 1 is 1.12 bits per heavy atom. The second-order valence-electron chi connectivity index (χ2n) is 6.13. The van der Waals surface area contributed by atoms with Crippen molar-refractivity contribution in [3.63, 3.8) is 0 Å². The molecule has 0 amide bonds. The predicted molar refractivity (Wildman–Crippen MR) is 96.4 cm³/mol. The summed E-state index contributed by atoms with van der Waals surface area (Å²) in [5.74, 6) is 1.59. The SMILES string of the molecule is CC[C@H](O)c1nc2ccccc2n1CCOc1ccc(C)c(C)c1. The van der Waals surface area contributed by atoms with Gasteiger partial charge in [-0.05, 0) is 55.7 Å². The molecule has 0 bridgehead atoms. The van der Waals surface area contributed by atoms with E-state index in [1.165, 1.54) is 11.1 Å². The van der Waals surface area contributed by atoms with Crippen molar-refractivity contribution in [2.24, 2.45) is 0 Å². The Balaban J connectivity index is 1.79. The quantitative estimate of drug-likeness (QED) is 0.740. The number of aliphatic hydroxyl groups excluding tert-OH is 1. The molecule has 0 radical (unpaired) electrons. The van der Waals surface area contributed by atoms with E-state index in [2.05, 4.69) is 35.5 Å². The molecule has 0 spiro atoms. The van der Waals surface area contributed by atoms with E-state index in [1.807, 2.05) is 37.3 Å². The number of imidazole rings is 1. The molecule has 1 N–H and O–H groups in total. The molecule has 0 saturated heterocycles. The number of rotatable bonds is 6. The number of fused-ring (bicyclic) bond motifs is 1. The number of hydrogen-bond acceptors (Lipinski definition) is 3. The summed E-state index contributed by atoms with van der Waals surface area (Å²) < 4.78 is 7.96.